The topological polar surface area (TPSA) is 95.6 Å². The number of piperidine rings is 1. The number of carbonyl (C=O) groups is 1. The van der Waals surface area contributed by atoms with Gasteiger partial charge in [-0.1, -0.05) is 35.9 Å². The highest BCUT2D eigenvalue weighted by Gasteiger charge is 2.25. The van der Waals surface area contributed by atoms with Crippen LogP contribution in [0.5, 0.6) is 0 Å². The van der Waals surface area contributed by atoms with E-state index in [0.717, 1.165) is 47.9 Å². The van der Waals surface area contributed by atoms with Gasteiger partial charge in [0.05, 0.1) is 12.5 Å². The summed E-state index contributed by atoms with van der Waals surface area (Å²) in [5.74, 6) is 1.20. The Morgan fingerprint density at radius 1 is 1.26 bits per heavy atom. The van der Waals surface area contributed by atoms with Gasteiger partial charge in [-0.05, 0) is 37.5 Å². The van der Waals surface area contributed by atoms with Crippen LogP contribution in [0.1, 0.15) is 30.9 Å². The zero-order chi connectivity index (χ0) is 21.3. The van der Waals surface area contributed by atoms with Gasteiger partial charge in [0.15, 0.2) is 5.96 Å². The molecule has 0 bridgehead atoms. The predicted molar refractivity (Wildman–Crippen MR) is 137 cm³/mol. The molecule has 1 unspecified atom stereocenters. The second-order valence-corrected chi connectivity index (χ2v) is 7.72. The van der Waals surface area contributed by atoms with Gasteiger partial charge in [0.1, 0.15) is 5.82 Å². The van der Waals surface area contributed by atoms with Crippen molar-refractivity contribution in [1.29, 1.82) is 0 Å². The van der Waals surface area contributed by atoms with E-state index in [2.05, 4.69) is 20.5 Å². The fourth-order valence-corrected chi connectivity index (χ4v) is 3.77. The summed E-state index contributed by atoms with van der Waals surface area (Å²) in [6.07, 6.45) is 3.54. The average Bonchev–Trinajstić information content (AvgIpc) is 2.77. The summed E-state index contributed by atoms with van der Waals surface area (Å²) in [6.45, 7) is 5.30. The van der Waals surface area contributed by atoms with Crippen LogP contribution in [-0.4, -0.2) is 36.5 Å². The molecular weight excluding hydrogens is 527 g/mol. The van der Waals surface area contributed by atoms with E-state index in [4.69, 9.17) is 22.3 Å². The average molecular weight is 557 g/mol. The summed E-state index contributed by atoms with van der Waals surface area (Å²) in [5, 5.41) is 7.32. The van der Waals surface area contributed by atoms with Crippen molar-refractivity contribution in [2.45, 2.75) is 32.9 Å². The number of aromatic nitrogens is 1. The molecule has 0 spiro atoms. The molecule has 1 amide bonds. The lowest BCUT2D eigenvalue weighted by Crippen LogP contribution is -2.42. The summed E-state index contributed by atoms with van der Waals surface area (Å²) >= 11 is 6.25. The van der Waals surface area contributed by atoms with Gasteiger partial charge in [-0.3, -0.25) is 4.79 Å². The zero-order valence-electron chi connectivity index (χ0n) is 17.7. The molecule has 4 N–H and O–H groups in total. The van der Waals surface area contributed by atoms with Crippen molar-refractivity contribution in [1.82, 2.24) is 15.6 Å². The summed E-state index contributed by atoms with van der Waals surface area (Å²) in [6, 6.07) is 11.7. The molecule has 0 saturated carbocycles. The van der Waals surface area contributed by atoms with Crippen molar-refractivity contribution in [2.24, 2.45) is 16.6 Å². The fourth-order valence-electron chi connectivity index (χ4n) is 3.57. The molecule has 7 nitrogen and oxygen atoms in total. The standard InChI is InChI=1S/C22H29ClN6O.HI/c1-2-25-22(27-13-16-7-3-4-10-19(16)23)28-14-17-8-5-11-26-21(17)29-12-6-9-18(15-29)20(24)30;/h3-5,7-8,10-11,18H,2,6,9,12-15H2,1H3,(H2,24,30)(H2,25,27,28);1H. The molecule has 31 heavy (non-hydrogen) atoms. The van der Waals surface area contributed by atoms with Crippen molar-refractivity contribution in [3.05, 3.63) is 58.7 Å². The van der Waals surface area contributed by atoms with Gasteiger partial charge in [0.25, 0.3) is 0 Å². The maximum absolute atomic E-state index is 11.6. The second-order valence-electron chi connectivity index (χ2n) is 7.31. The Morgan fingerprint density at radius 2 is 2.03 bits per heavy atom. The number of amides is 1. The zero-order valence-corrected chi connectivity index (χ0v) is 20.8. The number of pyridine rings is 1. The van der Waals surface area contributed by atoms with Crippen molar-refractivity contribution < 1.29 is 4.79 Å². The fraction of sp³-hybridized carbons (Fsp3) is 0.409. The van der Waals surface area contributed by atoms with Crippen molar-refractivity contribution in [2.75, 3.05) is 24.5 Å². The minimum Gasteiger partial charge on any atom is -0.369 e. The molecule has 1 fully saturated rings. The van der Waals surface area contributed by atoms with Crippen LogP contribution in [0.3, 0.4) is 0 Å². The van der Waals surface area contributed by atoms with Crippen LogP contribution in [0.2, 0.25) is 5.02 Å². The smallest absolute Gasteiger partial charge is 0.222 e. The number of aliphatic imine (C=N–C) groups is 1. The molecule has 9 heteroatoms. The molecular formula is C22H30ClIN6O. The Kier molecular flexibility index (Phi) is 10.3. The van der Waals surface area contributed by atoms with E-state index in [1.807, 2.05) is 43.3 Å². The molecule has 2 heterocycles. The Bertz CT molecular complexity index is 894. The largest absolute Gasteiger partial charge is 0.369 e. The molecule has 0 radical (unpaired) electrons. The predicted octanol–water partition coefficient (Wildman–Crippen LogP) is 3.31. The molecule has 1 aromatic heterocycles. The van der Waals surface area contributed by atoms with Gasteiger partial charge < -0.3 is 21.3 Å². The lowest BCUT2D eigenvalue weighted by Gasteiger charge is -2.33. The third kappa shape index (κ3) is 7.24. The van der Waals surface area contributed by atoms with Crippen LogP contribution in [0.25, 0.3) is 0 Å². The van der Waals surface area contributed by atoms with E-state index in [-0.39, 0.29) is 35.8 Å². The van der Waals surface area contributed by atoms with Crippen LogP contribution < -0.4 is 21.3 Å². The molecule has 3 rings (SSSR count). The van der Waals surface area contributed by atoms with Gasteiger partial charge in [0.2, 0.25) is 5.91 Å². The number of guanidine groups is 1. The summed E-state index contributed by atoms with van der Waals surface area (Å²) in [5.41, 5.74) is 7.56. The summed E-state index contributed by atoms with van der Waals surface area (Å²) in [7, 11) is 0. The molecule has 1 saturated heterocycles. The Balaban J connectivity index is 0.00000341. The van der Waals surface area contributed by atoms with Gasteiger partial charge in [-0.2, -0.15) is 0 Å². The highest BCUT2D eigenvalue weighted by atomic mass is 127. The quantitative estimate of drug-likeness (QED) is 0.276. The number of halogens is 2. The minimum atomic E-state index is -0.242. The van der Waals surface area contributed by atoms with E-state index < -0.39 is 0 Å². The summed E-state index contributed by atoms with van der Waals surface area (Å²) in [4.78, 5) is 23.1. The normalized spacial score (nSPS) is 16.4. The van der Waals surface area contributed by atoms with Crippen molar-refractivity contribution in [3.8, 4) is 0 Å². The first-order valence-electron chi connectivity index (χ1n) is 10.3. The summed E-state index contributed by atoms with van der Waals surface area (Å²) < 4.78 is 0. The SMILES string of the molecule is CCNC(=NCc1cccnc1N1CCCC(C(N)=O)C1)NCc1ccccc1Cl.I. The molecule has 1 aliphatic rings. The number of anilines is 1. The monoisotopic (exact) mass is 556 g/mol. The number of nitrogens with two attached hydrogens (primary N) is 1. The number of hydrogen-bond acceptors (Lipinski definition) is 4. The van der Waals surface area contributed by atoms with E-state index >= 15 is 0 Å². The van der Waals surface area contributed by atoms with E-state index in [1.165, 1.54) is 0 Å². The number of benzene rings is 1. The highest BCUT2D eigenvalue weighted by molar-refractivity contribution is 14.0. The maximum atomic E-state index is 11.6. The number of rotatable bonds is 7. The lowest BCUT2D eigenvalue weighted by atomic mass is 9.97. The first-order chi connectivity index (χ1) is 14.6. The van der Waals surface area contributed by atoms with E-state index in [9.17, 15) is 4.79 Å². The van der Waals surface area contributed by atoms with Crippen LogP contribution in [0.15, 0.2) is 47.6 Å². The van der Waals surface area contributed by atoms with Crippen LogP contribution >= 0.6 is 35.6 Å². The van der Waals surface area contributed by atoms with Gasteiger partial charge >= 0.3 is 0 Å². The van der Waals surface area contributed by atoms with E-state index in [0.29, 0.717) is 25.6 Å². The third-order valence-corrected chi connectivity index (χ3v) is 5.52. The minimum absolute atomic E-state index is 0. The maximum Gasteiger partial charge on any atom is 0.222 e. The number of hydrogen-bond donors (Lipinski definition) is 3. The Hall–Kier alpha value is -2.07. The first-order valence-corrected chi connectivity index (χ1v) is 10.7. The Labute approximate surface area is 205 Å². The number of carbonyl (C=O) groups excluding carboxylic acids is 1. The van der Waals surface area contributed by atoms with Gasteiger partial charge in [-0.25, -0.2) is 9.98 Å². The van der Waals surface area contributed by atoms with Crippen LogP contribution in [0.4, 0.5) is 5.82 Å². The number of primary amides is 1. The van der Waals surface area contributed by atoms with Gasteiger partial charge in [-0.15, -0.1) is 24.0 Å². The van der Waals surface area contributed by atoms with Gasteiger partial charge in [0, 0.05) is 43.0 Å². The molecule has 1 aromatic carbocycles. The van der Waals surface area contributed by atoms with E-state index in [1.54, 1.807) is 6.20 Å². The lowest BCUT2D eigenvalue weighted by molar-refractivity contribution is -0.122. The molecule has 168 valence electrons. The molecule has 0 aliphatic carbocycles. The van der Waals surface area contributed by atoms with Crippen molar-refractivity contribution in [3.63, 3.8) is 0 Å². The van der Waals surface area contributed by atoms with Crippen LogP contribution in [-0.2, 0) is 17.9 Å². The molecule has 1 atom stereocenters. The third-order valence-electron chi connectivity index (χ3n) is 5.15. The number of nitrogens with zero attached hydrogens (tertiary/aromatic N) is 3. The van der Waals surface area contributed by atoms with Crippen molar-refractivity contribution >= 4 is 53.3 Å². The molecule has 2 aromatic rings. The first kappa shape index (κ1) is 25.2. The second kappa shape index (κ2) is 12.7. The number of nitrogens with one attached hydrogen (secondary N) is 2. The van der Waals surface area contributed by atoms with Crippen LogP contribution in [0, 0.1) is 5.92 Å². The Morgan fingerprint density at radius 3 is 2.77 bits per heavy atom. The molecule has 1 aliphatic heterocycles. The highest BCUT2D eigenvalue weighted by Crippen LogP contribution is 2.25.